The van der Waals surface area contributed by atoms with E-state index >= 15 is 0 Å². The molecule has 1 amide bonds. The lowest BCUT2D eigenvalue weighted by Crippen LogP contribution is -2.35. The van der Waals surface area contributed by atoms with Crippen molar-refractivity contribution in [3.8, 4) is 0 Å². The molecular formula is C13H24N2O. The summed E-state index contributed by atoms with van der Waals surface area (Å²) in [5.74, 6) is 0.210. The van der Waals surface area contributed by atoms with Crippen LogP contribution in [0.4, 0.5) is 0 Å². The van der Waals surface area contributed by atoms with E-state index in [0.717, 1.165) is 13.1 Å². The van der Waals surface area contributed by atoms with Gasteiger partial charge in [-0.05, 0) is 31.1 Å². The van der Waals surface area contributed by atoms with Gasteiger partial charge in [0.2, 0.25) is 5.91 Å². The minimum Gasteiger partial charge on any atom is -0.356 e. The van der Waals surface area contributed by atoms with Gasteiger partial charge in [0.15, 0.2) is 0 Å². The van der Waals surface area contributed by atoms with E-state index in [9.17, 15) is 4.79 Å². The van der Waals surface area contributed by atoms with Crippen molar-refractivity contribution >= 4 is 5.91 Å². The zero-order chi connectivity index (χ0) is 11.4. The summed E-state index contributed by atoms with van der Waals surface area (Å²) in [5, 5.41) is 6.44. The Labute approximate surface area is 98.4 Å². The molecule has 2 aliphatic rings. The predicted molar refractivity (Wildman–Crippen MR) is 65.2 cm³/mol. The summed E-state index contributed by atoms with van der Waals surface area (Å²) < 4.78 is 0. The molecular weight excluding hydrogens is 200 g/mol. The third-order valence-electron chi connectivity index (χ3n) is 3.89. The lowest BCUT2D eigenvalue weighted by Gasteiger charge is -2.23. The number of carbonyl (C=O) groups excluding carboxylic acids is 1. The number of nitrogens with one attached hydrogen (secondary N) is 2. The molecule has 0 aliphatic heterocycles. The van der Waals surface area contributed by atoms with Crippen molar-refractivity contribution in [2.24, 2.45) is 5.41 Å². The molecule has 0 aromatic carbocycles. The van der Waals surface area contributed by atoms with Crippen molar-refractivity contribution in [2.75, 3.05) is 13.1 Å². The lowest BCUT2D eigenvalue weighted by molar-refractivity contribution is -0.121. The molecule has 92 valence electrons. The largest absolute Gasteiger partial charge is 0.356 e. The maximum atomic E-state index is 11.6. The van der Waals surface area contributed by atoms with Crippen LogP contribution in [-0.4, -0.2) is 25.0 Å². The average molecular weight is 224 g/mol. The first kappa shape index (κ1) is 11.9. The Hall–Kier alpha value is -0.570. The van der Waals surface area contributed by atoms with E-state index in [1.165, 1.54) is 38.5 Å². The van der Waals surface area contributed by atoms with Crippen LogP contribution >= 0.6 is 0 Å². The van der Waals surface area contributed by atoms with Gasteiger partial charge < -0.3 is 10.6 Å². The molecule has 0 unspecified atom stereocenters. The first-order valence-corrected chi connectivity index (χ1v) is 6.68. The summed E-state index contributed by atoms with van der Waals surface area (Å²) >= 11 is 0. The molecule has 2 rings (SSSR count). The summed E-state index contributed by atoms with van der Waals surface area (Å²) in [5.41, 5.74) is 0.375. The fraction of sp³-hybridized carbons (Fsp3) is 0.923. The van der Waals surface area contributed by atoms with Crippen LogP contribution in [0.5, 0.6) is 0 Å². The van der Waals surface area contributed by atoms with Gasteiger partial charge in [-0.25, -0.2) is 0 Å². The van der Waals surface area contributed by atoms with E-state index < -0.39 is 0 Å². The van der Waals surface area contributed by atoms with Gasteiger partial charge in [-0.1, -0.05) is 19.8 Å². The molecule has 0 aromatic rings. The van der Waals surface area contributed by atoms with E-state index in [1.54, 1.807) is 0 Å². The minimum absolute atomic E-state index is 0.210. The molecule has 0 radical (unpaired) electrons. The van der Waals surface area contributed by atoms with Crippen LogP contribution in [0, 0.1) is 5.41 Å². The van der Waals surface area contributed by atoms with Gasteiger partial charge in [0.1, 0.15) is 0 Å². The summed E-state index contributed by atoms with van der Waals surface area (Å²) in [6, 6.07) is 0.708. The molecule has 2 fully saturated rings. The van der Waals surface area contributed by atoms with Crippen molar-refractivity contribution in [1.82, 2.24) is 10.6 Å². The normalized spacial score (nSPS) is 23.3. The molecule has 0 spiro atoms. The standard InChI is InChI=1S/C13H24N2O/c1-13(7-2-3-8-13)10-15-12(16)6-9-14-11-4-5-11/h11,14H,2-10H2,1H3,(H,15,16). The topological polar surface area (TPSA) is 41.1 Å². The average Bonchev–Trinajstić information content (AvgIpc) is 2.98. The van der Waals surface area contributed by atoms with Crippen molar-refractivity contribution in [3.63, 3.8) is 0 Å². The first-order valence-electron chi connectivity index (χ1n) is 6.68. The first-order chi connectivity index (χ1) is 7.68. The Morgan fingerprint density at radius 1 is 1.31 bits per heavy atom. The summed E-state index contributed by atoms with van der Waals surface area (Å²) in [6.45, 7) is 4.01. The number of amides is 1. The SMILES string of the molecule is CC1(CNC(=O)CCNC2CC2)CCCC1. The highest BCUT2D eigenvalue weighted by Crippen LogP contribution is 2.36. The van der Waals surface area contributed by atoms with E-state index in [-0.39, 0.29) is 5.91 Å². The highest BCUT2D eigenvalue weighted by molar-refractivity contribution is 5.76. The van der Waals surface area contributed by atoms with E-state index in [0.29, 0.717) is 17.9 Å². The van der Waals surface area contributed by atoms with Crippen LogP contribution in [0.25, 0.3) is 0 Å². The molecule has 2 aliphatic carbocycles. The van der Waals surface area contributed by atoms with E-state index in [1.807, 2.05) is 0 Å². The Kier molecular flexibility index (Phi) is 3.85. The second kappa shape index (κ2) is 5.17. The number of hydrogen-bond acceptors (Lipinski definition) is 2. The highest BCUT2D eigenvalue weighted by Gasteiger charge is 2.28. The van der Waals surface area contributed by atoms with Crippen LogP contribution in [0.15, 0.2) is 0 Å². The zero-order valence-corrected chi connectivity index (χ0v) is 10.3. The fourth-order valence-electron chi connectivity index (χ4n) is 2.48. The monoisotopic (exact) mass is 224 g/mol. The second-order valence-corrected chi connectivity index (χ2v) is 5.77. The summed E-state index contributed by atoms with van der Waals surface area (Å²) in [7, 11) is 0. The third-order valence-corrected chi connectivity index (χ3v) is 3.89. The second-order valence-electron chi connectivity index (χ2n) is 5.77. The van der Waals surface area contributed by atoms with Gasteiger partial charge in [0, 0.05) is 25.6 Å². The summed E-state index contributed by atoms with van der Waals surface area (Å²) in [6.07, 6.45) is 8.42. The molecule has 0 atom stereocenters. The molecule has 16 heavy (non-hydrogen) atoms. The highest BCUT2D eigenvalue weighted by atomic mass is 16.1. The third kappa shape index (κ3) is 3.78. The van der Waals surface area contributed by atoms with Crippen LogP contribution in [0.2, 0.25) is 0 Å². The Bertz CT molecular complexity index is 242. The Balaban J connectivity index is 1.55. The van der Waals surface area contributed by atoms with Crippen molar-refractivity contribution in [3.05, 3.63) is 0 Å². The predicted octanol–water partition coefficient (Wildman–Crippen LogP) is 1.82. The maximum absolute atomic E-state index is 11.6. The van der Waals surface area contributed by atoms with Gasteiger partial charge in [-0.3, -0.25) is 4.79 Å². The van der Waals surface area contributed by atoms with Crippen LogP contribution in [0.3, 0.4) is 0 Å². The smallest absolute Gasteiger partial charge is 0.221 e. The lowest BCUT2D eigenvalue weighted by atomic mass is 9.89. The number of hydrogen-bond donors (Lipinski definition) is 2. The fourth-order valence-corrected chi connectivity index (χ4v) is 2.48. The molecule has 0 heterocycles. The molecule has 2 saturated carbocycles. The van der Waals surface area contributed by atoms with Gasteiger partial charge in [-0.15, -0.1) is 0 Å². The van der Waals surface area contributed by atoms with Gasteiger partial charge in [0.05, 0.1) is 0 Å². The van der Waals surface area contributed by atoms with Crippen LogP contribution in [-0.2, 0) is 4.79 Å². The minimum atomic E-state index is 0.210. The molecule has 3 heteroatoms. The maximum Gasteiger partial charge on any atom is 0.221 e. The van der Waals surface area contributed by atoms with Crippen LogP contribution in [0.1, 0.15) is 51.9 Å². The molecule has 0 saturated heterocycles. The van der Waals surface area contributed by atoms with Crippen molar-refractivity contribution < 1.29 is 4.79 Å². The zero-order valence-electron chi connectivity index (χ0n) is 10.3. The van der Waals surface area contributed by atoms with Gasteiger partial charge in [-0.2, -0.15) is 0 Å². The quantitative estimate of drug-likeness (QED) is 0.722. The molecule has 0 aromatic heterocycles. The summed E-state index contributed by atoms with van der Waals surface area (Å²) in [4.78, 5) is 11.6. The molecule has 0 bridgehead atoms. The van der Waals surface area contributed by atoms with Gasteiger partial charge in [0.25, 0.3) is 0 Å². The van der Waals surface area contributed by atoms with Crippen LogP contribution < -0.4 is 10.6 Å². The van der Waals surface area contributed by atoms with Gasteiger partial charge >= 0.3 is 0 Å². The van der Waals surface area contributed by atoms with Crippen molar-refractivity contribution in [2.45, 2.75) is 57.9 Å². The number of rotatable bonds is 6. The molecule has 3 nitrogen and oxygen atoms in total. The molecule has 2 N–H and O–H groups in total. The van der Waals surface area contributed by atoms with E-state index in [2.05, 4.69) is 17.6 Å². The Morgan fingerprint density at radius 3 is 2.62 bits per heavy atom. The van der Waals surface area contributed by atoms with E-state index in [4.69, 9.17) is 0 Å². The number of carbonyl (C=O) groups is 1. The Morgan fingerprint density at radius 2 is 2.00 bits per heavy atom. The van der Waals surface area contributed by atoms with Crippen molar-refractivity contribution in [1.29, 1.82) is 0 Å².